The molecule has 0 bridgehead atoms. The predicted octanol–water partition coefficient (Wildman–Crippen LogP) is 1.67. The van der Waals surface area contributed by atoms with Gasteiger partial charge in [0.15, 0.2) is 0 Å². The van der Waals surface area contributed by atoms with Crippen molar-refractivity contribution in [2.24, 2.45) is 14.1 Å². The molecule has 0 aliphatic heterocycles. The summed E-state index contributed by atoms with van der Waals surface area (Å²) in [5.74, 6) is 0. The Hall–Kier alpha value is 0.628. The molecule has 0 unspecified atom stereocenters. The van der Waals surface area contributed by atoms with Crippen LogP contribution in [-0.2, 0) is 79.5 Å². The van der Waals surface area contributed by atoms with E-state index in [1.165, 1.54) is 5.69 Å². The Morgan fingerprint density at radius 2 is 1.50 bits per heavy atom. The van der Waals surface area contributed by atoms with Crippen LogP contribution in [0, 0.1) is 40.1 Å². The molecule has 2 aromatic rings. The van der Waals surface area contributed by atoms with Crippen molar-refractivity contribution in [2.75, 3.05) is 0 Å². The molecule has 2 aromatic heterocycles. The van der Waals surface area contributed by atoms with E-state index in [0.29, 0.717) is 0 Å². The van der Waals surface area contributed by atoms with Crippen molar-refractivity contribution in [2.45, 2.75) is 27.7 Å². The van der Waals surface area contributed by atoms with Crippen molar-refractivity contribution in [1.29, 1.82) is 0 Å². The van der Waals surface area contributed by atoms with Gasteiger partial charge in [0, 0.05) is 79.5 Å². The first-order valence-electron chi connectivity index (χ1n) is 5.19. The topological polar surface area (TPSA) is 35.6 Å². The van der Waals surface area contributed by atoms with Crippen LogP contribution in [-0.4, -0.2) is 19.6 Å². The predicted molar refractivity (Wildman–Crippen MR) is 63.0 cm³/mol. The number of hydrogen-bond acceptors (Lipinski definition) is 2. The van der Waals surface area contributed by atoms with Crippen molar-refractivity contribution in [3.05, 3.63) is 34.9 Å². The fourth-order valence-corrected chi connectivity index (χ4v) is 1.20. The SMILES string of the molecule is Cc1[c-]n(C)nc1C.Cc1[c-]nn(C)c1C.[Y].[Y]. The normalized spacial score (nSPS) is 8.78. The van der Waals surface area contributed by atoms with Crippen LogP contribution in [0.25, 0.3) is 0 Å². The monoisotopic (exact) mass is 396 g/mol. The van der Waals surface area contributed by atoms with Gasteiger partial charge in [-0.15, -0.1) is 18.1 Å². The van der Waals surface area contributed by atoms with Crippen molar-refractivity contribution < 1.29 is 65.4 Å². The molecule has 4 nitrogen and oxygen atoms in total. The van der Waals surface area contributed by atoms with Gasteiger partial charge in [0.2, 0.25) is 0 Å². The van der Waals surface area contributed by atoms with Gasteiger partial charge in [-0.1, -0.05) is 33.4 Å². The minimum atomic E-state index is 0. The number of aromatic nitrogens is 4. The zero-order valence-corrected chi connectivity index (χ0v) is 17.6. The van der Waals surface area contributed by atoms with Crippen LogP contribution < -0.4 is 0 Å². The quantitative estimate of drug-likeness (QED) is 0.636. The summed E-state index contributed by atoms with van der Waals surface area (Å²) in [6.07, 6.45) is 5.86. The molecule has 0 N–H and O–H groups in total. The van der Waals surface area contributed by atoms with E-state index >= 15 is 0 Å². The molecule has 0 aliphatic carbocycles. The Morgan fingerprint density at radius 1 is 0.944 bits per heavy atom. The maximum Gasteiger partial charge on any atom is 0.00897 e. The summed E-state index contributed by atoms with van der Waals surface area (Å²) in [4.78, 5) is 0. The maximum atomic E-state index is 4.07. The minimum Gasteiger partial charge on any atom is -0.379 e. The van der Waals surface area contributed by atoms with Crippen molar-refractivity contribution >= 4 is 0 Å². The van der Waals surface area contributed by atoms with E-state index in [-0.39, 0.29) is 65.4 Å². The Morgan fingerprint density at radius 3 is 1.61 bits per heavy atom. The largest absolute Gasteiger partial charge is 0.379 e. The molecule has 2 heterocycles. The van der Waals surface area contributed by atoms with Gasteiger partial charge in [-0.3, -0.25) is 5.10 Å². The summed E-state index contributed by atoms with van der Waals surface area (Å²) in [6, 6.07) is 0. The zero-order chi connectivity index (χ0) is 12.3. The average Bonchev–Trinajstić information content (AvgIpc) is 2.65. The summed E-state index contributed by atoms with van der Waals surface area (Å²) in [5, 5.41) is 7.98. The summed E-state index contributed by atoms with van der Waals surface area (Å²) in [7, 11) is 3.79. The van der Waals surface area contributed by atoms with Gasteiger partial charge in [0.05, 0.1) is 0 Å². The van der Waals surface area contributed by atoms with E-state index in [4.69, 9.17) is 0 Å². The van der Waals surface area contributed by atoms with Gasteiger partial charge in [-0.25, -0.2) is 0 Å². The van der Waals surface area contributed by atoms with E-state index in [0.717, 1.165) is 16.8 Å². The fraction of sp³-hybridized carbons (Fsp3) is 0.500. The van der Waals surface area contributed by atoms with Gasteiger partial charge < -0.3 is 14.5 Å². The van der Waals surface area contributed by atoms with E-state index in [9.17, 15) is 0 Å². The molecule has 6 heteroatoms. The van der Waals surface area contributed by atoms with Crippen molar-refractivity contribution in [1.82, 2.24) is 19.6 Å². The second kappa shape index (κ2) is 9.52. The third-order valence-electron chi connectivity index (χ3n) is 2.57. The smallest absolute Gasteiger partial charge is 0.00897 e. The number of hydrogen-bond donors (Lipinski definition) is 0. The van der Waals surface area contributed by atoms with Crippen LogP contribution in [0.15, 0.2) is 0 Å². The van der Waals surface area contributed by atoms with E-state index < -0.39 is 0 Å². The third kappa shape index (κ3) is 6.18. The van der Waals surface area contributed by atoms with Crippen LogP contribution in [0.1, 0.15) is 22.5 Å². The molecule has 0 amide bonds. The summed E-state index contributed by atoms with van der Waals surface area (Å²) in [6.45, 7) is 8.01. The Bertz CT molecular complexity index is 435. The molecule has 0 saturated carbocycles. The summed E-state index contributed by atoms with van der Waals surface area (Å²) in [5.41, 5.74) is 4.51. The first-order chi connectivity index (χ1) is 7.41. The van der Waals surface area contributed by atoms with E-state index in [1.54, 1.807) is 4.68 Å². The van der Waals surface area contributed by atoms with Crippen LogP contribution in [0.3, 0.4) is 0 Å². The van der Waals surface area contributed by atoms with Gasteiger partial charge in [-0.05, 0) is 0 Å². The fourth-order valence-electron chi connectivity index (χ4n) is 1.20. The standard InChI is InChI=1S/2C6H9N2.2Y/c1-5-4-8(3)7-6(5)2;1-5-4-7-8(3)6(5)2;;/h2*1-3H3;;/q2*-1;;. The van der Waals surface area contributed by atoms with E-state index in [2.05, 4.69) is 22.6 Å². The molecule has 0 atom stereocenters. The molecular formula is C12H18N4Y2-2. The molecule has 0 aliphatic rings. The first-order valence-corrected chi connectivity index (χ1v) is 5.19. The van der Waals surface area contributed by atoms with Crippen LogP contribution >= 0.6 is 0 Å². The molecule has 18 heavy (non-hydrogen) atoms. The average molecular weight is 396 g/mol. The second-order valence-electron chi connectivity index (χ2n) is 3.89. The summed E-state index contributed by atoms with van der Waals surface area (Å²) < 4.78 is 3.51. The van der Waals surface area contributed by atoms with Crippen LogP contribution in [0.4, 0.5) is 0 Å². The molecule has 0 spiro atoms. The van der Waals surface area contributed by atoms with Gasteiger partial charge in [-0.2, -0.15) is 11.1 Å². The van der Waals surface area contributed by atoms with Gasteiger partial charge in [0.1, 0.15) is 0 Å². The van der Waals surface area contributed by atoms with Crippen molar-refractivity contribution in [3.8, 4) is 0 Å². The van der Waals surface area contributed by atoms with Crippen LogP contribution in [0.5, 0.6) is 0 Å². The Kier molecular flexibility index (Phi) is 11.1. The number of aryl methyl sites for hydroxylation is 5. The molecule has 0 fully saturated rings. The second-order valence-corrected chi connectivity index (χ2v) is 3.89. The Labute approximate surface area is 160 Å². The van der Waals surface area contributed by atoms with Gasteiger partial charge >= 0.3 is 0 Å². The zero-order valence-electron chi connectivity index (χ0n) is 11.9. The first kappa shape index (κ1) is 20.9. The summed E-state index contributed by atoms with van der Waals surface area (Å²) >= 11 is 0. The maximum absolute atomic E-state index is 4.07. The molecule has 0 saturated heterocycles. The molecular weight excluding hydrogens is 378 g/mol. The molecule has 2 rings (SSSR count). The Balaban J connectivity index is 0. The van der Waals surface area contributed by atoms with Crippen LogP contribution in [0.2, 0.25) is 0 Å². The molecule has 94 valence electrons. The molecule has 2 radical (unpaired) electrons. The van der Waals surface area contributed by atoms with E-state index in [1.807, 2.05) is 46.5 Å². The van der Waals surface area contributed by atoms with Gasteiger partial charge in [0.25, 0.3) is 0 Å². The number of rotatable bonds is 0. The number of nitrogens with zero attached hydrogens (tertiary/aromatic N) is 4. The molecule has 0 aromatic carbocycles. The third-order valence-corrected chi connectivity index (χ3v) is 2.57. The van der Waals surface area contributed by atoms with Crippen molar-refractivity contribution in [3.63, 3.8) is 0 Å². The minimum absolute atomic E-state index is 0.